The van der Waals surface area contributed by atoms with Crippen molar-refractivity contribution in [1.29, 1.82) is 0 Å². The van der Waals surface area contributed by atoms with Crippen LogP contribution < -0.4 is 16.0 Å². The molecule has 18 heavy (non-hydrogen) atoms. The zero-order valence-corrected chi connectivity index (χ0v) is 10.2. The van der Waals surface area contributed by atoms with E-state index < -0.39 is 0 Å². The van der Waals surface area contributed by atoms with Crippen LogP contribution in [-0.4, -0.2) is 16.6 Å². The summed E-state index contributed by atoms with van der Waals surface area (Å²) in [4.78, 5) is 8.42. The molecule has 1 heterocycles. The van der Waals surface area contributed by atoms with Gasteiger partial charge in [0, 0.05) is 12.4 Å². The van der Waals surface area contributed by atoms with Crippen molar-refractivity contribution in [1.82, 2.24) is 15.4 Å². The van der Waals surface area contributed by atoms with Crippen LogP contribution in [0.4, 0.5) is 0 Å². The lowest BCUT2D eigenvalue weighted by atomic mass is 10.1. The molecule has 0 spiro atoms. The van der Waals surface area contributed by atoms with Crippen LogP contribution in [0.5, 0.6) is 5.75 Å². The lowest BCUT2D eigenvalue weighted by Gasteiger charge is -2.15. The van der Waals surface area contributed by atoms with Crippen molar-refractivity contribution in [2.24, 2.45) is 5.84 Å². The van der Waals surface area contributed by atoms with E-state index in [4.69, 9.17) is 10.6 Å². The normalized spacial score (nSPS) is 12.1. The Hall–Kier alpha value is -1.98. The molecule has 2 rings (SSSR count). The minimum absolute atomic E-state index is 0.244. The van der Waals surface area contributed by atoms with Gasteiger partial charge in [-0.25, -0.2) is 15.4 Å². The molecule has 0 saturated carbocycles. The van der Waals surface area contributed by atoms with Gasteiger partial charge in [-0.05, 0) is 30.7 Å². The molecule has 94 valence electrons. The van der Waals surface area contributed by atoms with Gasteiger partial charge in [0.2, 0.25) is 0 Å². The summed E-state index contributed by atoms with van der Waals surface area (Å²) >= 11 is 0. The highest BCUT2D eigenvalue weighted by Gasteiger charge is 2.15. The second-order valence-corrected chi connectivity index (χ2v) is 3.71. The molecular formula is C13H16N4O. The van der Waals surface area contributed by atoms with Crippen LogP contribution in [0.1, 0.15) is 24.4 Å². The fourth-order valence-electron chi connectivity index (χ4n) is 1.73. The Morgan fingerprint density at radius 3 is 2.72 bits per heavy atom. The second kappa shape index (κ2) is 6.09. The van der Waals surface area contributed by atoms with Crippen LogP contribution in [-0.2, 0) is 0 Å². The zero-order chi connectivity index (χ0) is 12.8. The first-order valence-electron chi connectivity index (χ1n) is 5.81. The molecular weight excluding hydrogens is 228 g/mol. The predicted molar refractivity (Wildman–Crippen MR) is 68.8 cm³/mol. The van der Waals surface area contributed by atoms with E-state index in [1.165, 1.54) is 0 Å². The fourth-order valence-corrected chi connectivity index (χ4v) is 1.73. The van der Waals surface area contributed by atoms with Crippen LogP contribution in [0.15, 0.2) is 42.7 Å². The maximum absolute atomic E-state index is 5.59. The minimum atomic E-state index is -0.244. The van der Waals surface area contributed by atoms with Gasteiger partial charge in [-0.15, -0.1) is 0 Å². The number of benzene rings is 1. The Bertz CT molecular complexity index is 489. The maximum atomic E-state index is 5.59. The van der Waals surface area contributed by atoms with Crippen molar-refractivity contribution in [3.8, 4) is 5.75 Å². The summed E-state index contributed by atoms with van der Waals surface area (Å²) in [7, 11) is 0. The first kappa shape index (κ1) is 12.5. The molecule has 2 aromatic rings. The summed E-state index contributed by atoms with van der Waals surface area (Å²) in [6, 6.07) is 9.26. The van der Waals surface area contributed by atoms with Gasteiger partial charge in [0.05, 0.1) is 6.61 Å². The smallest absolute Gasteiger partial charge is 0.150 e. The Labute approximate surface area is 106 Å². The summed E-state index contributed by atoms with van der Waals surface area (Å²) < 4.78 is 5.47. The molecule has 1 atom stereocenters. The molecule has 0 saturated heterocycles. The minimum Gasteiger partial charge on any atom is -0.494 e. The number of nitrogens with one attached hydrogen (secondary N) is 1. The lowest BCUT2D eigenvalue weighted by molar-refractivity contribution is 0.339. The molecule has 1 aromatic heterocycles. The van der Waals surface area contributed by atoms with E-state index in [1.807, 2.05) is 31.2 Å². The molecule has 0 fully saturated rings. The van der Waals surface area contributed by atoms with E-state index in [9.17, 15) is 0 Å². The summed E-state index contributed by atoms with van der Waals surface area (Å²) in [5.74, 6) is 7.03. The molecule has 5 nitrogen and oxygen atoms in total. The van der Waals surface area contributed by atoms with Crippen LogP contribution in [0.3, 0.4) is 0 Å². The number of aromatic nitrogens is 2. The van der Waals surface area contributed by atoms with Crippen LogP contribution in [0.25, 0.3) is 0 Å². The SMILES string of the molecule is CCOc1cccc(C(NN)c2ncccn2)c1. The Morgan fingerprint density at radius 1 is 1.28 bits per heavy atom. The number of ether oxygens (including phenoxy) is 1. The van der Waals surface area contributed by atoms with Crippen molar-refractivity contribution in [2.75, 3.05) is 6.61 Å². The summed E-state index contributed by atoms with van der Waals surface area (Å²) in [6.07, 6.45) is 3.39. The number of rotatable bonds is 5. The monoisotopic (exact) mass is 244 g/mol. The summed E-state index contributed by atoms with van der Waals surface area (Å²) in [6.45, 7) is 2.58. The van der Waals surface area contributed by atoms with E-state index >= 15 is 0 Å². The van der Waals surface area contributed by atoms with Gasteiger partial charge in [0.1, 0.15) is 11.8 Å². The number of hydrogen-bond acceptors (Lipinski definition) is 5. The van der Waals surface area contributed by atoms with E-state index in [1.54, 1.807) is 18.5 Å². The number of hydrazine groups is 1. The molecule has 0 aliphatic carbocycles. The molecule has 0 aliphatic rings. The average molecular weight is 244 g/mol. The maximum Gasteiger partial charge on any atom is 0.150 e. The molecule has 0 amide bonds. The second-order valence-electron chi connectivity index (χ2n) is 3.71. The van der Waals surface area contributed by atoms with Gasteiger partial charge in [-0.1, -0.05) is 12.1 Å². The highest BCUT2D eigenvalue weighted by Crippen LogP contribution is 2.22. The molecule has 3 N–H and O–H groups in total. The van der Waals surface area contributed by atoms with Crippen molar-refractivity contribution >= 4 is 0 Å². The summed E-state index contributed by atoms with van der Waals surface area (Å²) in [5, 5.41) is 0. The van der Waals surface area contributed by atoms with Crippen molar-refractivity contribution in [2.45, 2.75) is 13.0 Å². The Morgan fingerprint density at radius 2 is 2.06 bits per heavy atom. The van der Waals surface area contributed by atoms with Crippen molar-refractivity contribution in [3.63, 3.8) is 0 Å². The van der Waals surface area contributed by atoms with Crippen LogP contribution >= 0.6 is 0 Å². The molecule has 1 aromatic carbocycles. The van der Waals surface area contributed by atoms with Gasteiger partial charge >= 0.3 is 0 Å². The third kappa shape index (κ3) is 2.82. The highest BCUT2D eigenvalue weighted by molar-refractivity contribution is 5.33. The van der Waals surface area contributed by atoms with E-state index in [0.717, 1.165) is 11.3 Å². The van der Waals surface area contributed by atoms with Crippen molar-refractivity contribution in [3.05, 3.63) is 54.1 Å². The molecule has 1 unspecified atom stereocenters. The highest BCUT2D eigenvalue weighted by atomic mass is 16.5. The quantitative estimate of drug-likeness (QED) is 0.615. The lowest BCUT2D eigenvalue weighted by Crippen LogP contribution is -2.30. The van der Waals surface area contributed by atoms with Crippen LogP contribution in [0.2, 0.25) is 0 Å². The molecule has 5 heteroatoms. The van der Waals surface area contributed by atoms with Crippen molar-refractivity contribution < 1.29 is 4.74 Å². The predicted octanol–water partition coefficient (Wildman–Crippen LogP) is 1.43. The first-order chi connectivity index (χ1) is 8.85. The van der Waals surface area contributed by atoms with Gasteiger partial charge < -0.3 is 4.74 Å². The van der Waals surface area contributed by atoms with E-state index in [2.05, 4.69) is 15.4 Å². The third-order valence-corrected chi connectivity index (χ3v) is 2.51. The number of hydrogen-bond donors (Lipinski definition) is 2. The molecule has 0 aliphatic heterocycles. The third-order valence-electron chi connectivity index (χ3n) is 2.51. The number of nitrogens with two attached hydrogens (primary N) is 1. The van der Waals surface area contributed by atoms with Gasteiger partial charge in [-0.2, -0.15) is 0 Å². The Kier molecular flexibility index (Phi) is 4.22. The number of nitrogens with zero attached hydrogens (tertiary/aromatic N) is 2. The molecule has 0 radical (unpaired) electrons. The fraction of sp³-hybridized carbons (Fsp3) is 0.231. The molecule has 0 bridgehead atoms. The van der Waals surface area contributed by atoms with Gasteiger partial charge in [-0.3, -0.25) is 5.84 Å². The van der Waals surface area contributed by atoms with E-state index in [0.29, 0.717) is 12.4 Å². The van der Waals surface area contributed by atoms with Gasteiger partial charge in [0.25, 0.3) is 0 Å². The largest absolute Gasteiger partial charge is 0.494 e. The van der Waals surface area contributed by atoms with Gasteiger partial charge in [0.15, 0.2) is 5.82 Å². The average Bonchev–Trinajstić information content (AvgIpc) is 2.42. The topological polar surface area (TPSA) is 73.1 Å². The van der Waals surface area contributed by atoms with Crippen LogP contribution in [0, 0.1) is 0 Å². The zero-order valence-electron chi connectivity index (χ0n) is 10.2. The standard InChI is InChI=1S/C13H16N4O/c1-2-18-11-6-3-5-10(9-11)12(17-14)13-15-7-4-8-16-13/h3-9,12,17H,2,14H2,1H3. The van der Waals surface area contributed by atoms with E-state index in [-0.39, 0.29) is 6.04 Å². The Balaban J connectivity index is 2.30. The first-order valence-corrected chi connectivity index (χ1v) is 5.81. The summed E-state index contributed by atoms with van der Waals surface area (Å²) in [5.41, 5.74) is 3.69.